The third-order valence-corrected chi connectivity index (χ3v) is 4.89. The summed E-state index contributed by atoms with van der Waals surface area (Å²) in [5, 5.41) is 0. The van der Waals surface area contributed by atoms with Gasteiger partial charge in [0, 0.05) is 12.0 Å². The van der Waals surface area contributed by atoms with E-state index in [0.29, 0.717) is 0 Å². The molecule has 1 unspecified atom stereocenters. The molecule has 0 bridgehead atoms. The summed E-state index contributed by atoms with van der Waals surface area (Å²) in [6, 6.07) is 15.6. The first-order valence-electron chi connectivity index (χ1n) is 7.49. The molecule has 1 aliphatic carbocycles. The van der Waals surface area contributed by atoms with E-state index >= 15 is 0 Å². The fourth-order valence-electron chi connectivity index (χ4n) is 3.59. The number of hydrogen-bond donors (Lipinski definition) is 1. The second-order valence-corrected chi connectivity index (χ2v) is 6.25. The number of benzene rings is 2. The quantitative estimate of drug-likeness (QED) is 0.900. The summed E-state index contributed by atoms with van der Waals surface area (Å²) >= 11 is 0. The Morgan fingerprint density at radius 2 is 1.90 bits per heavy atom. The Labute approximate surface area is 121 Å². The molecule has 2 aromatic rings. The topological polar surface area (TPSA) is 26.0 Å². The van der Waals surface area contributed by atoms with Crippen LogP contribution in [0.1, 0.15) is 34.2 Å². The van der Waals surface area contributed by atoms with Crippen molar-refractivity contribution in [2.24, 2.45) is 5.73 Å². The predicted molar refractivity (Wildman–Crippen MR) is 85.1 cm³/mol. The molecule has 2 aromatic carbocycles. The molecule has 1 aliphatic rings. The highest BCUT2D eigenvalue weighted by atomic mass is 14.6. The van der Waals surface area contributed by atoms with Gasteiger partial charge in [-0.1, -0.05) is 48.0 Å². The maximum atomic E-state index is 6.22. The fraction of sp³-hybridized carbons (Fsp3) is 0.368. The Hall–Kier alpha value is -1.60. The standard InChI is InChI=1S/C19H23N/c1-14-7-8-15(2)17(11-14)12-19(13-20)10-9-16-5-3-4-6-18(16)19/h3-8,11H,9-10,12-13,20H2,1-2H3. The number of nitrogens with two attached hydrogens (primary N) is 1. The Bertz CT molecular complexity index is 629. The minimum Gasteiger partial charge on any atom is -0.330 e. The first-order valence-corrected chi connectivity index (χ1v) is 7.49. The number of aryl methyl sites for hydroxylation is 3. The molecular weight excluding hydrogens is 242 g/mol. The van der Waals surface area contributed by atoms with Crippen molar-refractivity contribution in [3.63, 3.8) is 0 Å². The van der Waals surface area contributed by atoms with Crippen molar-refractivity contribution in [3.05, 3.63) is 70.3 Å². The highest BCUT2D eigenvalue weighted by molar-refractivity contribution is 5.43. The van der Waals surface area contributed by atoms with Crippen LogP contribution in [0, 0.1) is 13.8 Å². The van der Waals surface area contributed by atoms with Gasteiger partial charge >= 0.3 is 0 Å². The average Bonchev–Trinajstić information content (AvgIpc) is 2.83. The maximum Gasteiger partial charge on any atom is 0.0122 e. The van der Waals surface area contributed by atoms with Gasteiger partial charge in [-0.3, -0.25) is 0 Å². The van der Waals surface area contributed by atoms with E-state index in [1.165, 1.54) is 34.2 Å². The Kier molecular flexibility index (Phi) is 3.39. The zero-order valence-corrected chi connectivity index (χ0v) is 12.4. The third-order valence-electron chi connectivity index (χ3n) is 4.89. The van der Waals surface area contributed by atoms with Gasteiger partial charge in [0.15, 0.2) is 0 Å². The van der Waals surface area contributed by atoms with Crippen molar-refractivity contribution in [2.45, 2.75) is 38.5 Å². The van der Waals surface area contributed by atoms with Crippen LogP contribution >= 0.6 is 0 Å². The molecule has 1 atom stereocenters. The lowest BCUT2D eigenvalue weighted by Crippen LogP contribution is -2.35. The lowest BCUT2D eigenvalue weighted by Gasteiger charge is -2.30. The van der Waals surface area contributed by atoms with E-state index in [1.807, 2.05) is 0 Å². The molecule has 1 nitrogen and oxygen atoms in total. The Balaban J connectivity index is 2.02. The van der Waals surface area contributed by atoms with E-state index in [2.05, 4.69) is 56.3 Å². The van der Waals surface area contributed by atoms with Gasteiger partial charge in [0.25, 0.3) is 0 Å². The molecule has 0 saturated carbocycles. The SMILES string of the molecule is Cc1ccc(C)c(CC2(CN)CCc3ccccc32)c1. The smallest absolute Gasteiger partial charge is 0.0122 e. The Morgan fingerprint density at radius 3 is 2.70 bits per heavy atom. The zero-order valence-electron chi connectivity index (χ0n) is 12.4. The van der Waals surface area contributed by atoms with Crippen molar-refractivity contribution < 1.29 is 0 Å². The van der Waals surface area contributed by atoms with Crippen LogP contribution < -0.4 is 5.73 Å². The molecule has 0 saturated heterocycles. The van der Waals surface area contributed by atoms with Crippen LogP contribution in [0.25, 0.3) is 0 Å². The van der Waals surface area contributed by atoms with Crippen LogP contribution in [-0.2, 0) is 18.3 Å². The molecule has 0 heterocycles. The van der Waals surface area contributed by atoms with Gasteiger partial charge in [-0.05, 0) is 55.4 Å². The predicted octanol–water partition coefficient (Wildman–Crippen LogP) is 3.69. The fourth-order valence-corrected chi connectivity index (χ4v) is 3.59. The molecule has 104 valence electrons. The van der Waals surface area contributed by atoms with Crippen LogP contribution in [0.4, 0.5) is 0 Å². The molecule has 3 rings (SSSR count). The Morgan fingerprint density at radius 1 is 1.10 bits per heavy atom. The van der Waals surface area contributed by atoms with Gasteiger partial charge in [-0.25, -0.2) is 0 Å². The molecule has 0 spiro atoms. The van der Waals surface area contributed by atoms with E-state index in [-0.39, 0.29) is 5.41 Å². The summed E-state index contributed by atoms with van der Waals surface area (Å²) in [4.78, 5) is 0. The molecule has 0 fully saturated rings. The van der Waals surface area contributed by atoms with Gasteiger partial charge in [0.2, 0.25) is 0 Å². The lowest BCUT2D eigenvalue weighted by atomic mass is 9.76. The van der Waals surface area contributed by atoms with Gasteiger partial charge in [-0.15, -0.1) is 0 Å². The highest BCUT2D eigenvalue weighted by Gasteiger charge is 2.37. The second-order valence-electron chi connectivity index (χ2n) is 6.25. The summed E-state index contributed by atoms with van der Waals surface area (Å²) in [6.07, 6.45) is 3.41. The maximum absolute atomic E-state index is 6.22. The van der Waals surface area contributed by atoms with Crippen molar-refractivity contribution >= 4 is 0 Å². The first-order chi connectivity index (χ1) is 9.64. The van der Waals surface area contributed by atoms with Gasteiger partial charge in [-0.2, -0.15) is 0 Å². The van der Waals surface area contributed by atoms with Crippen LogP contribution in [-0.4, -0.2) is 6.54 Å². The third kappa shape index (κ3) is 2.16. The normalized spacial score (nSPS) is 20.9. The number of hydrogen-bond acceptors (Lipinski definition) is 1. The van der Waals surface area contributed by atoms with Gasteiger partial charge in [0.05, 0.1) is 0 Å². The number of rotatable bonds is 3. The monoisotopic (exact) mass is 265 g/mol. The van der Waals surface area contributed by atoms with Crippen molar-refractivity contribution in [2.75, 3.05) is 6.54 Å². The first kappa shape index (κ1) is 13.4. The lowest BCUT2D eigenvalue weighted by molar-refractivity contribution is 0.431. The molecule has 1 heteroatoms. The van der Waals surface area contributed by atoms with Crippen LogP contribution in [0.3, 0.4) is 0 Å². The molecule has 0 aromatic heterocycles. The van der Waals surface area contributed by atoms with E-state index in [1.54, 1.807) is 0 Å². The van der Waals surface area contributed by atoms with Gasteiger partial charge < -0.3 is 5.73 Å². The van der Waals surface area contributed by atoms with E-state index in [9.17, 15) is 0 Å². The summed E-state index contributed by atoms with van der Waals surface area (Å²) < 4.78 is 0. The molecule has 0 aliphatic heterocycles. The zero-order chi connectivity index (χ0) is 14.2. The van der Waals surface area contributed by atoms with Crippen molar-refractivity contribution in [3.8, 4) is 0 Å². The minimum absolute atomic E-state index is 0.134. The minimum atomic E-state index is 0.134. The molecule has 20 heavy (non-hydrogen) atoms. The summed E-state index contributed by atoms with van der Waals surface area (Å²) in [5.41, 5.74) is 13.5. The van der Waals surface area contributed by atoms with E-state index in [0.717, 1.165) is 19.4 Å². The average molecular weight is 265 g/mol. The summed E-state index contributed by atoms with van der Waals surface area (Å²) in [5.74, 6) is 0. The van der Waals surface area contributed by atoms with E-state index < -0.39 is 0 Å². The molecule has 2 N–H and O–H groups in total. The van der Waals surface area contributed by atoms with Crippen LogP contribution in [0.15, 0.2) is 42.5 Å². The van der Waals surface area contributed by atoms with Gasteiger partial charge in [0.1, 0.15) is 0 Å². The largest absolute Gasteiger partial charge is 0.330 e. The molecule has 0 amide bonds. The summed E-state index contributed by atoms with van der Waals surface area (Å²) in [7, 11) is 0. The summed E-state index contributed by atoms with van der Waals surface area (Å²) in [6.45, 7) is 5.11. The van der Waals surface area contributed by atoms with Crippen molar-refractivity contribution in [1.29, 1.82) is 0 Å². The molecular formula is C19H23N. The van der Waals surface area contributed by atoms with Crippen molar-refractivity contribution in [1.82, 2.24) is 0 Å². The van der Waals surface area contributed by atoms with Crippen LogP contribution in [0.2, 0.25) is 0 Å². The second kappa shape index (κ2) is 5.06. The molecule has 0 radical (unpaired) electrons. The number of fused-ring (bicyclic) bond motifs is 1. The highest BCUT2D eigenvalue weighted by Crippen LogP contribution is 2.41. The van der Waals surface area contributed by atoms with Crippen LogP contribution in [0.5, 0.6) is 0 Å². The van der Waals surface area contributed by atoms with E-state index in [4.69, 9.17) is 5.73 Å².